The molecule has 102 valence electrons. The van der Waals surface area contributed by atoms with Crippen LogP contribution in [0.2, 0.25) is 0 Å². The zero-order valence-electron chi connectivity index (χ0n) is 9.50. The number of hydrogen-bond donors (Lipinski definition) is 1. The number of halogens is 4. The maximum Gasteiger partial charge on any atom is 0.573 e. The second kappa shape index (κ2) is 5.83. The van der Waals surface area contributed by atoms with Gasteiger partial charge in [0.05, 0.1) is 3.79 Å². The molecule has 2 rings (SSSR count). The molecule has 7 heteroatoms. The van der Waals surface area contributed by atoms with E-state index in [2.05, 4.69) is 26.0 Å². The van der Waals surface area contributed by atoms with Gasteiger partial charge in [-0.3, -0.25) is 0 Å². The van der Waals surface area contributed by atoms with E-state index in [0.29, 0.717) is 12.2 Å². The summed E-state index contributed by atoms with van der Waals surface area (Å²) in [4.78, 5) is 1.08. The third kappa shape index (κ3) is 4.76. The summed E-state index contributed by atoms with van der Waals surface area (Å²) in [7, 11) is 0. The molecule has 1 aromatic carbocycles. The molecule has 0 amide bonds. The quantitative estimate of drug-likeness (QED) is 0.834. The van der Waals surface area contributed by atoms with Gasteiger partial charge < -0.3 is 10.1 Å². The first-order chi connectivity index (χ1) is 8.92. The van der Waals surface area contributed by atoms with Crippen LogP contribution in [0, 0.1) is 0 Å². The Bertz CT molecular complexity index is 556. The third-order valence-electron chi connectivity index (χ3n) is 2.16. The molecule has 19 heavy (non-hydrogen) atoms. The average Bonchev–Trinajstić information content (AvgIpc) is 2.71. The first-order valence-corrected chi connectivity index (χ1v) is 6.87. The smallest absolute Gasteiger partial charge is 0.406 e. The molecule has 0 aliphatic rings. The van der Waals surface area contributed by atoms with E-state index in [-0.39, 0.29) is 5.75 Å². The maximum absolute atomic E-state index is 12.1. The Morgan fingerprint density at radius 2 is 2.00 bits per heavy atom. The van der Waals surface area contributed by atoms with E-state index in [1.807, 2.05) is 12.1 Å². The molecule has 0 bridgehead atoms. The summed E-state index contributed by atoms with van der Waals surface area (Å²) in [5, 5.41) is 3.04. The van der Waals surface area contributed by atoms with Crippen LogP contribution >= 0.6 is 27.3 Å². The lowest BCUT2D eigenvalue weighted by Gasteiger charge is -2.10. The highest BCUT2D eigenvalue weighted by molar-refractivity contribution is 9.11. The minimum atomic E-state index is -4.67. The van der Waals surface area contributed by atoms with Crippen LogP contribution < -0.4 is 10.1 Å². The lowest BCUT2D eigenvalue weighted by atomic mass is 10.3. The second-order valence-electron chi connectivity index (χ2n) is 3.64. The van der Waals surface area contributed by atoms with E-state index in [0.717, 1.165) is 8.66 Å². The predicted molar refractivity (Wildman–Crippen MR) is 72.5 cm³/mol. The van der Waals surface area contributed by atoms with E-state index in [4.69, 9.17) is 0 Å². The molecule has 0 saturated carbocycles. The Morgan fingerprint density at radius 1 is 1.21 bits per heavy atom. The van der Waals surface area contributed by atoms with Gasteiger partial charge in [0.1, 0.15) is 5.75 Å². The van der Waals surface area contributed by atoms with Crippen LogP contribution in [0.1, 0.15) is 4.88 Å². The minimum absolute atomic E-state index is 0.232. The maximum atomic E-state index is 12.1. The van der Waals surface area contributed by atoms with E-state index in [9.17, 15) is 13.2 Å². The van der Waals surface area contributed by atoms with Crippen LogP contribution in [-0.4, -0.2) is 6.36 Å². The van der Waals surface area contributed by atoms with E-state index < -0.39 is 6.36 Å². The molecular formula is C12H9BrF3NOS. The highest BCUT2D eigenvalue weighted by atomic mass is 79.9. The van der Waals surface area contributed by atoms with Crippen LogP contribution in [0.4, 0.5) is 18.9 Å². The SMILES string of the molecule is FC(F)(F)Oc1cccc(NCc2ccc(Br)s2)c1. The molecule has 1 heterocycles. The van der Waals surface area contributed by atoms with E-state index >= 15 is 0 Å². The number of benzene rings is 1. The lowest BCUT2D eigenvalue weighted by molar-refractivity contribution is -0.274. The number of alkyl halides is 3. The summed E-state index contributed by atoms with van der Waals surface area (Å²) >= 11 is 4.91. The van der Waals surface area contributed by atoms with Gasteiger partial charge in [0.15, 0.2) is 0 Å². The fourth-order valence-corrected chi connectivity index (χ4v) is 2.86. The lowest BCUT2D eigenvalue weighted by Crippen LogP contribution is -2.17. The van der Waals surface area contributed by atoms with Crippen LogP contribution in [0.15, 0.2) is 40.2 Å². The Labute approximate surface area is 120 Å². The minimum Gasteiger partial charge on any atom is -0.406 e. The zero-order chi connectivity index (χ0) is 13.9. The summed E-state index contributed by atoms with van der Waals surface area (Å²) in [5.41, 5.74) is 0.575. The van der Waals surface area contributed by atoms with Crippen LogP contribution in [0.3, 0.4) is 0 Å². The van der Waals surface area contributed by atoms with Gasteiger partial charge in [-0.25, -0.2) is 0 Å². The van der Waals surface area contributed by atoms with Crippen LogP contribution in [-0.2, 0) is 6.54 Å². The Balaban J connectivity index is 1.99. The molecule has 2 nitrogen and oxygen atoms in total. The van der Waals surface area contributed by atoms with Crippen molar-refractivity contribution >= 4 is 33.0 Å². The molecule has 1 aromatic heterocycles. The molecule has 0 unspecified atom stereocenters. The number of anilines is 1. The number of hydrogen-bond acceptors (Lipinski definition) is 3. The van der Waals surface area contributed by atoms with Crippen molar-refractivity contribution in [2.24, 2.45) is 0 Å². The number of thiophene rings is 1. The molecule has 0 fully saturated rings. The van der Waals surface area contributed by atoms with Crippen molar-refractivity contribution in [3.63, 3.8) is 0 Å². The highest BCUT2D eigenvalue weighted by Crippen LogP contribution is 2.26. The summed E-state index contributed by atoms with van der Waals surface area (Å²) in [6.45, 7) is 0.547. The monoisotopic (exact) mass is 351 g/mol. The number of rotatable bonds is 4. The third-order valence-corrected chi connectivity index (χ3v) is 3.79. The largest absolute Gasteiger partial charge is 0.573 e. The van der Waals surface area contributed by atoms with Crippen molar-refractivity contribution in [1.82, 2.24) is 0 Å². The predicted octanol–water partition coefficient (Wildman–Crippen LogP) is 5.02. The topological polar surface area (TPSA) is 21.3 Å². The Hall–Kier alpha value is -1.21. The molecule has 0 aliphatic carbocycles. The second-order valence-corrected chi connectivity index (χ2v) is 6.18. The first-order valence-electron chi connectivity index (χ1n) is 5.26. The standard InChI is InChI=1S/C12H9BrF3NOS/c13-11-5-4-10(19-11)7-17-8-2-1-3-9(6-8)18-12(14,15)16/h1-6,17H,7H2. The molecule has 0 radical (unpaired) electrons. The van der Waals surface area contributed by atoms with Gasteiger partial charge in [0, 0.05) is 23.2 Å². The summed E-state index contributed by atoms with van der Waals surface area (Å²) in [6, 6.07) is 9.64. The average molecular weight is 352 g/mol. The molecule has 0 aliphatic heterocycles. The zero-order valence-corrected chi connectivity index (χ0v) is 11.9. The van der Waals surface area contributed by atoms with Crippen molar-refractivity contribution in [3.05, 3.63) is 45.1 Å². The fraction of sp³-hybridized carbons (Fsp3) is 0.167. The van der Waals surface area contributed by atoms with Gasteiger partial charge in [-0.05, 0) is 40.2 Å². The fourth-order valence-electron chi connectivity index (χ4n) is 1.44. The molecule has 0 atom stereocenters. The van der Waals surface area contributed by atoms with Gasteiger partial charge in [-0.15, -0.1) is 24.5 Å². The van der Waals surface area contributed by atoms with Crippen molar-refractivity contribution in [2.75, 3.05) is 5.32 Å². The van der Waals surface area contributed by atoms with Gasteiger partial charge in [-0.1, -0.05) is 6.07 Å². The first kappa shape index (κ1) is 14.2. The van der Waals surface area contributed by atoms with Gasteiger partial charge in [0.25, 0.3) is 0 Å². The summed E-state index contributed by atoms with van der Waals surface area (Å²) in [6.07, 6.45) is -4.67. The summed E-state index contributed by atoms with van der Waals surface area (Å²) < 4.78 is 41.1. The normalized spacial score (nSPS) is 11.4. The van der Waals surface area contributed by atoms with Crippen molar-refractivity contribution in [1.29, 1.82) is 0 Å². The summed E-state index contributed by atoms with van der Waals surface area (Å²) in [5.74, 6) is -0.232. The van der Waals surface area contributed by atoms with Crippen molar-refractivity contribution in [3.8, 4) is 5.75 Å². The molecule has 0 saturated heterocycles. The Morgan fingerprint density at radius 3 is 2.63 bits per heavy atom. The molecule has 0 spiro atoms. The van der Waals surface area contributed by atoms with Crippen LogP contribution in [0.5, 0.6) is 5.75 Å². The van der Waals surface area contributed by atoms with E-state index in [1.54, 1.807) is 17.4 Å². The number of ether oxygens (including phenoxy) is 1. The highest BCUT2D eigenvalue weighted by Gasteiger charge is 2.31. The molecule has 1 N–H and O–H groups in total. The van der Waals surface area contributed by atoms with E-state index in [1.165, 1.54) is 18.2 Å². The van der Waals surface area contributed by atoms with Gasteiger partial charge in [0.2, 0.25) is 0 Å². The van der Waals surface area contributed by atoms with Crippen molar-refractivity contribution in [2.45, 2.75) is 12.9 Å². The van der Waals surface area contributed by atoms with Gasteiger partial charge >= 0.3 is 6.36 Å². The van der Waals surface area contributed by atoms with Crippen molar-refractivity contribution < 1.29 is 17.9 Å². The van der Waals surface area contributed by atoms with Gasteiger partial charge in [-0.2, -0.15) is 0 Å². The molecule has 2 aromatic rings. The van der Waals surface area contributed by atoms with Crippen LogP contribution in [0.25, 0.3) is 0 Å². The molecular weight excluding hydrogens is 343 g/mol. The Kier molecular flexibility index (Phi) is 4.36. The number of nitrogens with one attached hydrogen (secondary N) is 1.